The predicted molar refractivity (Wildman–Crippen MR) is 85.8 cm³/mol. The highest BCUT2D eigenvalue weighted by molar-refractivity contribution is 5.77. The van der Waals surface area contributed by atoms with Crippen LogP contribution in [0.25, 0.3) is 22.6 Å². The molecule has 1 heterocycles. The van der Waals surface area contributed by atoms with E-state index in [1.165, 1.54) is 0 Å². The molecule has 0 spiro atoms. The molecule has 3 rings (SSSR count). The van der Waals surface area contributed by atoms with E-state index in [0.29, 0.717) is 12.5 Å². The second kappa shape index (κ2) is 6.62. The molecule has 0 aliphatic rings. The zero-order valence-electron chi connectivity index (χ0n) is 12.6. The largest absolute Gasteiger partial charge is 0.494 e. The Kier molecular flexibility index (Phi) is 4.39. The first-order valence-electron chi connectivity index (χ1n) is 7.53. The fourth-order valence-electron chi connectivity index (χ4n) is 2.26. The van der Waals surface area contributed by atoms with E-state index in [1.54, 1.807) is 0 Å². The molecule has 0 atom stereocenters. The summed E-state index contributed by atoms with van der Waals surface area (Å²) < 4.78 is 11.5. The van der Waals surface area contributed by atoms with Gasteiger partial charge in [0.05, 0.1) is 13.2 Å². The lowest BCUT2D eigenvalue weighted by Gasteiger charge is -2.03. The standard InChI is InChI=1S/C18H19NO3/c1-2-3-9-21-15-7-8-17-16(11-15)19-18(22-17)14-6-4-5-13(10-14)12-20/h4-8,10-11,20H,2-3,9,12H2,1H3. The molecule has 1 aromatic heterocycles. The number of oxazole rings is 1. The van der Waals surface area contributed by atoms with E-state index in [4.69, 9.17) is 9.15 Å². The van der Waals surface area contributed by atoms with Gasteiger partial charge >= 0.3 is 0 Å². The highest BCUT2D eigenvalue weighted by atomic mass is 16.5. The van der Waals surface area contributed by atoms with Crippen molar-refractivity contribution < 1.29 is 14.3 Å². The summed E-state index contributed by atoms with van der Waals surface area (Å²) in [7, 11) is 0. The topological polar surface area (TPSA) is 55.5 Å². The molecule has 0 bridgehead atoms. The van der Waals surface area contributed by atoms with Gasteiger partial charge in [-0.25, -0.2) is 4.98 Å². The molecule has 0 aliphatic carbocycles. The smallest absolute Gasteiger partial charge is 0.227 e. The van der Waals surface area contributed by atoms with Crippen LogP contribution in [0.1, 0.15) is 25.3 Å². The summed E-state index contributed by atoms with van der Waals surface area (Å²) in [4.78, 5) is 4.52. The molecule has 2 aromatic carbocycles. The Morgan fingerprint density at radius 2 is 2.09 bits per heavy atom. The molecule has 1 N–H and O–H groups in total. The third-order valence-corrected chi connectivity index (χ3v) is 3.48. The fraction of sp³-hybridized carbons (Fsp3) is 0.278. The number of rotatable bonds is 6. The van der Waals surface area contributed by atoms with Crippen molar-refractivity contribution in [3.63, 3.8) is 0 Å². The lowest BCUT2D eigenvalue weighted by atomic mass is 10.1. The second-order valence-electron chi connectivity index (χ2n) is 5.21. The first kappa shape index (κ1) is 14.6. The zero-order valence-corrected chi connectivity index (χ0v) is 12.6. The fourth-order valence-corrected chi connectivity index (χ4v) is 2.26. The van der Waals surface area contributed by atoms with Crippen LogP contribution in [0.15, 0.2) is 46.9 Å². The molecule has 0 aliphatic heterocycles. The summed E-state index contributed by atoms with van der Waals surface area (Å²) in [6, 6.07) is 13.2. The van der Waals surface area contributed by atoms with Crippen LogP contribution in [-0.4, -0.2) is 16.7 Å². The summed E-state index contributed by atoms with van der Waals surface area (Å²) in [5, 5.41) is 9.22. The molecule has 0 fully saturated rings. The monoisotopic (exact) mass is 297 g/mol. The van der Waals surface area contributed by atoms with Gasteiger partial charge in [-0.2, -0.15) is 0 Å². The van der Waals surface area contributed by atoms with Gasteiger partial charge in [0.25, 0.3) is 0 Å². The maximum Gasteiger partial charge on any atom is 0.227 e. The van der Waals surface area contributed by atoms with Gasteiger partial charge in [0.15, 0.2) is 5.58 Å². The van der Waals surface area contributed by atoms with Crippen LogP contribution < -0.4 is 4.74 Å². The molecule has 0 unspecified atom stereocenters. The Balaban J connectivity index is 1.88. The molecule has 4 heteroatoms. The van der Waals surface area contributed by atoms with Crippen molar-refractivity contribution in [1.82, 2.24) is 4.98 Å². The highest BCUT2D eigenvalue weighted by Crippen LogP contribution is 2.27. The quantitative estimate of drug-likeness (QED) is 0.694. The zero-order chi connectivity index (χ0) is 15.4. The van der Waals surface area contributed by atoms with E-state index in [-0.39, 0.29) is 6.61 Å². The SMILES string of the molecule is CCCCOc1ccc2oc(-c3cccc(CO)c3)nc2c1. The van der Waals surface area contributed by atoms with Gasteiger partial charge in [0.1, 0.15) is 11.3 Å². The van der Waals surface area contributed by atoms with Gasteiger partial charge in [0, 0.05) is 11.6 Å². The minimum absolute atomic E-state index is 0.00346. The number of hydrogen-bond acceptors (Lipinski definition) is 4. The summed E-state index contributed by atoms with van der Waals surface area (Å²) in [5.74, 6) is 1.36. The van der Waals surface area contributed by atoms with Crippen LogP contribution in [0, 0.1) is 0 Å². The van der Waals surface area contributed by atoms with Crippen LogP contribution in [0.5, 0.6) is 5.75 Å². The summed E-state index contributed by atoms with van der Waals surface area (Å²) in [6.45, 7) is 2.85. The molecular formula is C18H19NO3. The Morgan fingerprint density at radius 1 is 1.18 bits per heavy atom. The normalized spacial score (nSPS) is 11.0. The van der Waals surface area contributed by atoms with Crippen molar-refractivity contribution in [2.45, 2.75) is 26.4 Å². The molecule has 4 nitrogen and oxygen atoms in total. The average Bonchev–Trinajstić information content (AvgIpc) is 2.98. The molecule has 114 valence electrons. The number of hydrogen-bond donors (Lipinski definition) is 1. The van der Waals surface area contributed by atoms with E-state index >= 15 is 0 Å². The first-order chi connectivity index (χ1) is 10.8. The molecule has 0 saturated heterocycles. The van der Waals surface area contributed by atoms with Crippen molar-refractivity contribution in [3.05, 3.63) is 48.0 Å². The summed E-state index contributed by atoms with van der Waals surface area (Å²) in [6.07, 6.45) is 2.15. The van der Waals surface area contributed by atoms with Gasteiger partial charge in [-0.05, 0) is 36.2 Å². The number of aliphatic hydroxyl groups is 1. The predicted octanol–water partition coefficient (Wildman–Crippen LogP) is 4.17. The Labute approximate surface area is 129 Å². The highest BCUT2D eigenvalue weighted by Gasteiger charge is 2.09. The van der Waals surface area contributed by atoms with E-state index in [0.717, 1.165) is 40.8 Å². The first-order valence-corrected chi connectivity index (χ1v) is 7.53. The van der Waals surface area contributed by atoms with E-state index in [9.17, 15) is 5.11 Å². The van der Waals surface area contributed by atoms with Crippen molar-refractivity contribution in [2.75, 3.05) is 6.61 Å². The summed E-state index contributed by atoms with van der Waals surface area (Å²) in [5.41, 5.74) is 3.20. The number of unbranched alkanes of at least 4 members (excludes halogenated alkanes) is 1. The molecule has 0 radical (unpaired) electrons. The van der Waals surface area contributed by atoms with Crippen LogP contribution in [0.4, 0.5) is 0 Å². The van der Waals surface area contributed by atoms with Crippen molar-refractivity contribution >= 4 is 11.1 Å². The number of benzene rings is 2. The van der Waals surface area contributed by atoms with Crippen molar-refractivity contribution in [1.29, 1.82) is 0 Å². The van der Waals surface area contributed by atoms with Gasteiger partial charge in [-0.3, -0.25) is 0 Å². The minimum Gasteiger partial charge on any atom is -0.494 e. The Hall–Kier alpha value is -2.33. The maximum absolute atomic E-state index is 9.22. The molecule has 0 amide bonds. The number of aliphatic hydroxyl groups excluding tert-OH is 1. The maximum atomic E-state index is 9.22. The number of fused-ring (bicyclic) bond motifs is 1. The van der Waals surface area contributed by atoms with Gasteiger partial charge in [-0.15, -0.1) is 0 Å². The van der Waals surface area contributed by atoms with E-state index in [1.807, 2.05) is 42.5 Å². The average molecular weight is 297 g/mol. The molecule has 0 saturated carbocycles. The number of ether oxygens (including phenoxy) is 1. The van der Waals surface area contributed by atoms with Crippen LogP contribution in [-0.2, 0) is 6.61 Å². The van der Waals surface area contributed by atoms with Gasteiger partial charge < -0.3 is 14.3 Å². The minimum atomic E-state index is 0.00346. The van der Waals surface area contributed by atoms with E-state index < -0.39 is 0 Å². The van der Waals surface area contributed by atoms with Crippen LogP contribution >= 0.6 is 0 Å². The third-order valence-electron chi connectivity index (χ3n) is 3.48. The van der Waals surface area contributed by atoms with Crippen molar-refractivity contribution in [2.24, 2.45) is 0 Å². The lowest BCUT2D eigenvalue weighted by Crippen LogP contribution is -1.95. The third kappa shape index (κ3) is 3.12. The van der Waals surface area contributed by atoms with Crippen molar-refractivity contribution in [3.8, 4) is 17.2 Å². The van der Waals surface area contributed by atoms with Gasteiger partial charge in [-0.1, -0.05) is 25.5 Å². The number of nitrogens with zero attached hydrogens (tertiary/aromatic N) is 1. The Bertz CT molecular complexity index is 764. The van der Waals surface area contributed by atoms with Crippen LogP contribution in [0.2, 0.25) is 0 Å². The van der Waals surface area contributed by atoms with Gasteiger partial charge in [0.2, 0.25) is 5.89 Å². The van der Waals surface area contributed by atoms with E-state index in [2.05, 4.69) is 11.9 Å². The molecular weight excluding hydrogens is 278 g/mol. The molecule has 22 heavy (non-hydrogen) atoms. The Morgan fingerprint density at radius 3 is 2.91 bits per heavy atom. The molecule has 3 aromatic rings. The number of aromatic nitrogens is 1. The second-order valence-corrected chi connectivity index (χ2v) is 5.21. The lowest BCUT2D eigenvalue weighted by molar-refractivity contribution is 0.282. The van der Waals surface area contributed by atoms with Crippen LogP contribution in [0.3, 0.4) is 0 Å². The summed E-state index contributed by atoms with van der Waals surface area (Å²) >= 11 is 0.